The van der Waals surface area contributed by atoms with E-state index in [1.165, 1.54) is 42.6 Å². The second-order valence-electron chi connectivity index (χ2n) is 18.4. The van der Waals surface area contributed by atoms with Crippen LogP contribution in [0, 0.1) is 6.57 Å². The Balaban J connectivity index is 1.05. The van der Waals surface area contributed by atoms with E-state index in [0.717, 1.165) is 66.5 Å². The van der Waals surface area contributed by atoms with E-state index < -0.39 is 8.07 Å². The molecule has 0 unspecified atom stereocenters. The first kappa shape index (κ1) is 41.4. The van der Waals surface area contributed by atoms with Gasteiger partial charge in [-0.05, 0) is 80.7 Å². The lowest BCUT2D eigenvalue weighted by Gasteiger charge is -2.34. The smallest absolute Gasteiger partial charge is 0.188 e. The second kappa shape index (κ2) is 16.5. The molecule has 4 aromatic heterocycles. The Labute approximate surface area is 416 Å². The highest BCUT2D eigenvalue weighted by molar-refractivity contribution is 7.19. The number of para-hydroxylation sites is 4. The van der Waals surface area contributed by atoms with Crippen LogP contribution in [0.25, 0.3) is 99.0 Å². The highest BCUT2D eigenvalue weighted by Crippen LogP contribution is 2.39. The summed E-state index contributed by atoms with van der Waals surface area (Å²) in [5.41, 5.74) is 9.00. The van der Waals surface area contributed by atoms with Gasteiger partial charge in [0.1, 0.15) is 11.6 Å². The molecule has 0 amide bonds. The molecule has 14 rings (SSSR count). The molecule has 7 heteroatoms. The van der Waals surface area contributed by atoms with Crippen LogP contribution in [0.1, 0.15) is 0 Å². The lowest BCUT2D eigenvalue weighted by atomic mass is 10.1. The summed E-state index contributed by atoms with van der Waals surface area (Å²) >= 11 is 0. The Morgan fingerprint density at radius 3 is 1.22 bits per heavy atom. The third kappa shape index (κ3) is 6.26. The Hall–Kier alpha value is -9.61. The molecular formula is C65H42N6Si. The Bertz CT molecular complexity index is 4320. The minimum atomic E-state index is -2.91. The van der Waals surface area contributed by atoms with Gasteiger partial charge in [-0.25, -0.2) is 14.8 Å². The first-order valence-corrected chi connectivity index (χ1v) is 26.3. The predicted octanol–water partition coefficient (Wildman–Crippen LogP) is 13.4. The summed E-state index contributed by atoms with van der Waals surface area (Å²) < 4.78 is 6.93. The van der Waals surface area contributed by atoms with Crippen molar-refractivity contribution in [1.29, 1.82) is 0 Å². The third-order valence-corrected chi connectivity index (χ3v) is 19.4. The van der Waals surface area contributed by atoms with Gasteiger partial charge < -0.3 is 4.57 Å². The van der Waals surface area contributed by atoms with Crippen molar-refractivity contribution in [3.63, 3.8) is 0 Å². The molecule has 0 spiro atoms. The number of rotatable bonds is 8. The maximum Gasteiger partial charge on any atom is 0.188 e. The SMILES string of the molecule is [C-]#[N+]c1ccc2c(c1)c1ccccc1n2-c1cc(-n2c3ccccc3c3cc(-n4c5ccccc5c5ccccc54)ccc32)nc(-c2cccc([Si](c3ccccc3)(c3ccccc3)c3ccccc3)c2)n1. The van der Waals surface area contributed by atoms with Gasteiger partial charge >= 0.3 is 0 Å². The first-order valence-electron chi connectivity index (χ1n) is 24.3. The molecule has 0 saturated carbocycles. The molecule has 14 aromatic rings. The molecule has 0 saturated heterocycles. The molecule has 10 aromatic carbocycles. The van der Waals surface area contributed by atoms with E-state index in [9.17, 15) is 0 Å². The van der Waals surface area contributed by atoms with Gasteiger partial charge in [0, 0.05) is 44.2 Å². The van der Waals surface area contributed by atoms with Crippen LogP contribution in [0.2, 0.25) is 0 Å². The van der Waals surface area contributed by atoms with Crippen LogP contribution in [0.5, 0.6) is 0 Å². The topological polar surface area (TPSA) is 44.9 Å². The van der Waals surface area contributed by atoms with E-state index in [0.29, 0.717) is 11.5 Å². The van der Waals surface area contributed by atoms with Gasteiger partial charge in [0.25, 0.3) is 0 Å². The number of hydrogen-bond acceptors (Lipinski definition) is 2. The van der Waals surface area contributed by atoms with E-state index in [1.54, 1.807) is 0 Å². The van der Waals surface area contributed by atoms with Gasteiger partial charge in [-0.2, -0.15) is 0 Å². The van der Waals surface area contributed by atoms with E-state index in [-0.39, 0.29) is 0 Å². The molecule has 0 fully saturated rings. The van der Waals surface area contributed by atoms with Gasteiger partial charge in [-0.1, -0.05) is 194 Å². The predicted molar refractivity (Wildman–Crippen MR) is 300 cm³/mol. The zero-order chi connectivity index (χ0) is 47.8. The lowest BCUT2D eigenvalue weighted by molar-refractivity contribution is 0.994. The summed E-state index contributed by atoms with van der Waals surface area (Å²) in [7, 11) is -2.91. The highest BCUT2D eigenvalue weighted by atomic mass is 28.3. The summed E-state index contributed by atoms with van der Waals surface area (Å²) in [6.45, 7) is 7.91. The van der Waals surface area contributed by atoms with Gasteiger partial charge in [-0.15, -0.1) is 0 Å². The molecule has 0 radical (unpaired) electrons. The maximum absolute atomic E-state index is 7.91. The number of nitrogens with zero attached hydrogens (tertiary/aromatic N) is 6. The van der Waals surface area contributed by atoms with Crippen molar-refractivity contribution in [2.45, 2.75) is 0 Å². The van der Waals surface area contributed by atoms with Gasteiger partial charge in [0.15, 0.2) is 19.6 Å². The summed E-state index contributed by atoms with van der Waals surface area (Å²) in [6.07, 6.45) is 0. The van der Waals surface area contributed by atoms with E-state index >= 15 is 0 Å². The summed E-state index contributed by atoms with van der Waals surface area (Å²) in [5, 5.41) is 11.9. The Morgan fingerprint density at radius 1 is 0.319 bits per heavy atom. The standard InChI is InChI=1S/C65H42N6Si/c1-66-45-36-38-61-55(41-45)53-30-13-17-34-59(53)70(61)63-43-64(71-60-35-18-14-31-54(60)56-42-46(37-39-62(56)71)69-57-32-15-11-28-51(57)52-29-12-16-33-58(52)69)68-65(67-63)44-20-19-27-50(40-44)72(47-21-5-2-6-22-47,48-23-7-3-8-24-48)49-25-9-4-10-26-49/h2-43H. The maximum atomic E-state index is 7.91. The minimum absolute atomic E-state index is 0.597. The highest BCUT2D eigenvalue weighted by Gasteiger charge is 2.41. The average molecular weight is 935 g/mol. The third-order valence-electron chi connectivity index (χ3n) is 14.6. The molecular weight excluding hydrogens is 893 g/mol. The van der Waals surface area contributed by atoms with Crippen molar-refractivity contribution in [3.8, 4) is 28.7 Å². The van der Waals surface area contributed by atoms with Crippen molar-refractivity contribution in [2.24, 2.45) is 0 Å². The second-order valence-corrected chi connectivity index (χ2v) is 22.2. The molecule has 4 heterocycles. The zero-order valence-electron chi connectivity index (χ0n) is 38.9. The van der Waals surface area contributed by atoms with Crippen LogP contribution >= 0.6 is 0 Å². The molecule has 0 atom stereocenters. The van der Waals surface area contributed by atoms with Crippen molar-refractivity contribution in [1.82, 2.24) is 23.7 Å². The zero-order valence-corrected chi connectivity index (χ0v) is 39.9. The van der Waals surface area contributed by atoms with Crippen molar-refractivity contribution >= 4 is 99.9 Å². The number of benzene rings is 10. The fourth-order valence-electron chi connectivity index (χ4n) is 11.6. The van der Waals surface area contributed by atoms with Gasteiger partial charge in [-0.3, -0.25) is 9.13 Å². The molecule has 0 aliphatic heterocycles. The molecule has 0 N–H and O–H groups in total. The fraction of sp³-hybridized carbons (Fsp3) is 0. The van der Waals surface area contributed by atoms with E-state index in [1.807, 2.05) is 12.1 Å². The largest absolute Gasteiger partial charge is 0.309 e. The van der Waals surface area contributed by atoms with E-state index in [2.05, 4.69) is 261 Å². The first-order chi connectivity index (χ1) is 35.7. The number of hydrogen-bond donors (Lipinski definition) is 0. The molecule has 6 nitrogen and oxygen atoms in total. The van der Waals surface area contributed by atoms with Crippen LogP contribution in [0.4, 0.5) is 5.69 Å². The molecule has 0 aliphatic rings. The number of aromatic nitrogens is 5. The summed E-state index contributed by atoms with van der Waals surface area (Å²) in [5.74, 6) is 2.09. The van der Waals surface area contributed by atoms with Crippen molar-refractivity contribution < 1.29 is 0 Å². The minimum Gasteiger partial charge on any atom is -0.309 e. The van der Waals surface area contributed by atoms with E-state index in [4.69, 9.17) is 16.5 Å². The van der Waals surface area contributed by atoms with Crippen LogP contribution in [-0.4, -0.2) is 31.7 Å². The normalized spacial score (nSPS) is 11.9. The van der Waals surface area contributed by atoms with Crippen molar-refractivity contribution in [2.75, 3.05) is 0 Å². The van der Waals surface area contributed by atoms with Gasteiger partial charge in [0.2, 0.25) is 0 Å². The average Bonchev–Trinajstić information content (AvgIpc) is 4.09. The molecule has 0 aliphatic carbocycles. The Morgan fingerprint density at radius 2 is 0.722 bits per heavy atom. The van der Waals surface area contributed by atoms with Crippen LogP contribution in [0.3, 0.4) is 0 Å². The quantitative estimate of drug-likeness (QED) is 0.0866. The lowest BCUT2D eigenvalue weighted by Crippen LogP contribution is -2.74. The van der Waals surface area contributed by atoms with Crippen LogP contribution in [0.15, 0.2) is 255 Å². The monoisotopic (exact) mass is 934 g/mol. The molecule has 72 heavy (non-hydrogen) atoms. The molecule has 0 bridgehead atoms. The van der Waals surface area contributed by atoms with Crippen LogP contribution < -0.4 is 20.7 Å². The Kier molecular flexibility index (Phi) is 9.49. The summed E-state index contributed by atoms with van der Waals surface area (Å²) in [4.78, 5) is 15.1. The van der Waals surface area contributed by atoms with Crippen LogP contribution in [-0.2, 0) is 0 Å². The number of fused-ring (bicyclic) bond motifs is 9. The van der Waals surface area contributed by atoms with Crippen molar-refractivity contribution in [3.05, 3.63) is 266 Å². The van der Waals surface area contributed by atoms with Gasteiger partial charge in [0.05, 0.1) is 39.7 Å². The molecule has 336 valence electrons. The summed E-state index contributed by atoms with van der Waals surface area (Å²) in [6, 6.07) is 91.4. The fourth-order valence-corrected chi connectivity index (χ4v) is 16.4.